The first-order chi connectivity index (χ1) is 17.2. The number of aliphatic hydroxyl groups excluding tert-OH is 1. The molecule has 10 heteroatoms. The molecule has 1 aromatic heterocycles. The summed E-state index contributed by atoms with van der Waals surface area (Å²) >= 11 is 13.6. The SMILES string of the molecule is COc1cc(C)[nH]c(=O)c1CN1CCc2c(Cl)cc(C(C)C3CCN(C(=O)CO)CC3)c(Cl)c2C1=O. The van der Waals surface area contributed by atoms with E-state index in [1.54, 1.807) is 22.8 Å². The topological polar surface area (TPSA) is 103 Å². The van der Waals surface area contributed by atoms with Crippen LogP contribution < -0.4 is 10.3 Å². The first kappa shape index (κ1) is 26.5. The molecule has 194 valence electrons. The Balaban J connectivity index is 1.60. The number of pyridine rings is 1. The molecule has 0 spiro atoms. The van der Waals surface area contributed by atoms with Crippen LogP contribution >= 0.6 is 23.2 Å². The average molecular weight is 536 g/mol. The van der Waals surface area contributed by atoms with Gasteiger partial charge < -0.3 is 24.6 Å². The van der Waals surface area contributed by atoms with Crippen LogP contribution in [0.1, 0.15) is 58.4 Å². The van der Waals surface area contributed by atoms with Crippen molar-refractivity contribution < 1.29 is 19.4 Å². The number of ether oxygens (including phenoxy) is 1. The second kappa shape index (κ2) is 10.8. The fourth-order valence-corrected chi connectivity index (χ4v) is 6.08. The third-order valence-corrected chi connectivity index (χ3v) is 8.25. The predicted octanol–water partition coefficient (Wildman–Crippen LogP) is 3.53. The van der Waals surface area contributed by atoms with E-state index in [2.05, 4.69) is 11.9 Å². The van der Waals surface area contributed by atoms with E-state index in [0.29, 0.717) is 58.7 Å². The number of amides is 2. The summed E-state index contributed by atoms with van der Waals surface area (Å²) in [6, 6.07) is 3.61. The number of fused-ring (bicyclic) bond motifs is 1. The third kappa shape index (κ3) is 4.99. The number of nitrogens with zero attached hydrogens (tertiary/aromatic N) is 2. The number of carbonyl (C=O) groups is 2. The number of likely N-dealkylation sites (tertiary alicyclic amines) is 1. The van der Waals surface area contributed by atoms with E-state index in [0.717, 1.165) is 24.0 Å². The number of aryl methyl sites for hydroxylation is 1. The molecule has 2 aliphatic rings. The van der Waals surface area contributed by atoms with Crippen LogP contribution in [-0.4, -0.2) is 65.1 Å². The van der Waals surface area contributed by atoms with Gasteiger partial charge in [0.25, 0.3) is 11.5 Å². The van der Waals surface area contributed by atoms with Crippen LogP contribution in [0.15, 0.2) is 16.9 Å². The average Bonchev–Trinajstić information content (AvgIpc) is 2.87. The summed E-state index contributed by atoms with van der Waals surface area (Å²) in [5, 5.41) is 10.0. The molecule has 2 N–H and O–H groups in total. The van der Waals surface area contributed by atoms with E-state index in [1.165, 1.54) is 7.11 Å². The number of carbonyl (C=O) groups excluding carboxylic acids is 2. The highest BCUT2D eigenvalue weighted by Gasteiger charge is 2.34. The van der Waals surface area contributed by atoms with Crippen molar-refractivity contribution in [3.05, 3.63) is 60.5 Å². The number of aliphatic hydroxyl groups is 1. The van der Waals surface area contributed by atoms with Gasteiger partial charge in [-0.15, -0.1) is 0 Å². The largest absolute Gasteiger partial charge is 0.496 e. The maximum atomic E-state index is 13.6. The Labute approximate surface area is 220 Å². The lowest BCUT2D eigenvalue weighted by Crippen LogP contribution is -2.41. The minimum absolute atomic E-state index is 0.0230. The molecule has 2 aromatic rings. The van der Waals surface area contributed by atoms with Crippen LogP contribution in [0.2, 0.25) is 10.0 Å². The molecule has 1 aromatic carbocycles. The normalized spacial score (nSPS) is 17.2. The van der Waals surface area contributed by atoms with E-state index < -0.39 is 6.61 Å². The van der Waals surface area contributed by atoms with E-state index in [4.69, 9.17) is 33.0 Å². The maximum Gasteiger partial charge on any atom is 0.256 e. The van der Waals surface area contributed by atoms with Crippen LogP contribution in [0.5, 0.6) is 5.75 Å². The van der Waals surface area contributed by atoms with Crippen molar-refractivity contribution in [2.75, 3.05) is 33.4 Å². The Morgan fingerprint density at radius 1 is 1.22 bits per heavy atom. The van der Waals surface area contributed by atoms with Gasteiger partial charge in [-0.3, -0.25) is 14.4 Å². The van der Waals surface area contributed by atoms with Crippen molar-refractivity contribution in [3.8, 4) is 5.75 Å². The molecule has 0 bridgehead atoms. The predicted molar refractivity (Wildman–Crippen MR) is 138 cm³/mol. The Bertz CT molecular complexity index is 1240. The number of rotatable bonds is 6. The monoisotopic (exact) mass is 535 g/mol. The number of aromatic nitrogens is 1. The third-order valence-electron chi connectivity index (χ3n) is 7.50. The molecule has 4 rings (SSSR count). The number of piperidine rings is 1. The summed E-state index contributed by atoms with van der Waals surface area (Å²) in [7, 11) is 1.50. The summed E-state index contributed by atoms with van der Waals surface area (Å²) in [4.78, 5) is 44.1. The zero-order chi connectivity index (χ0) is 26.1. The maximum absolute atomic E-state index is 13.6. The van der Waals surface area contributed by atoms with Gasteiger partial charge in [0, 0.05) is 30.4 Å². The molecule has 0 saturated carbocycles. The quantitative estimate of drug-likeness (QED) is 0.588. The number of H-pyrrole nitrogens is 1. The first-order valence-corrected chi connectivity index (χ1v) is 12.9. The highest BCUT2D eigenvalue weighted by molar-refractivity contribution is 6.37. The van der Waals surface area contributed by atoms with Gasteiger partial charge in [-0.1, -0.05) is 30.1 Å². The van der Waals surface area contributed by atoms with Gasteiger partial charge >= 0.3 is 0 Å². The molecule has 1 fully saturated rings. The van der Waals surface area contributed by atoms with E-state index >= 15 is 0 Å². The van der Waals surface area contributed by atoms with Crippen LogP contribution in [0, 0.1) is 12.8 Å². The van der Waals surface area contributed by atoms with E-state index in [9.17, 15) is 14.4 Å². The van der Waals surface area contributed by atoms with Gasteiger partial charge in [0.15, 0.2) is 0 Å². The lowest BCUT2D eigenvalue weighted by Gasteiger charge is -2.36. The second-order valence-electron chi connectivity index (χ2n) is 9.59. The molecule has 1 saturated heterocycles. The van der Waals surface area contributed by atoms with Crippen molar-refractivity contribution in [1.29, 1.82) is 0 Å². The molecule has 2 amide bonds. The van der Waals surface area contributed by atoms with E-state index in [1.807, 2.05) is 6.07 Å². The van der Waals surface area contributed by atoms with Crippen molar-refractivity contribution in [2.45, 2.75) is 45.6 Å². The summed E-state index contributed by atoms with van der Waals surface area (Å²) in [6.45, 7) is 5.02. The van der Waals surface area contributed by atoms with E-state index in [-0.39, 0.29) is 35.8 Å². The van der Waals surface area contributed by atoms with Crippen LogP contribution in [0.4, 0.5) is 0 Å². The molecule has 0 radical (unpaired) electrons. The molecule has 1 unspecified atom stereocenters. The molecule has 0 aliphatic carbocycles. The highest BCUT2D eigenvalue weighted by atomic mass is 35.5. The van der Waals surface area contributed by atoms with Crippen molar-refractivity contribution in [3.63, 3.8) is 0 Å². The lowest BCUT2D eigenvalue weighted by molar-refractivity contribution is -0.135. The fourth-order valence-electron chi connectivity index (χ4n) is 5.35. The molecule has 3 heterocycles. The number of hydrogen-bond acceptors (Lipinski definition) is 5. The summed E-state index contributed by atoms with van der Waals surface area (Å²) < 4.78 is 5.40. The van der Waals surface area contributed by atoms with Gasteiger partial charge in [-0.25, -0.2) is 0 Å². The Kier molecular flexibility index (Phi) is 7.97. The minimum atomic E-state index is -0.481. The molecule has 2 aliphatic heterocycles. The molecular formula is C26H31Cl2N3O5. The van der Waals surface area contributed by atoms with Crippen LogP contribution in [0.25, 0.3) is 0 Å². The Morgan fingerprint density at radius 3 is 2.56 bits per heavy atom. The number of methoxy groups -OCH3 is 1. The van der Waals surface area contributed by atoms with Gasteiger partial charge in [0.05, 0.1) is 29.8 Å². The number of hydrogen-bond donors (Lipinski definition) is 2. The number of halogens is 2. The van der Waals surface area contributed by atoms with Crippen molar-refractivity contribution in [2.24, 2.45) is 5.92 Å². The molecule has 36 heavy (non-hydrogen) atoms. The van der Waals surface area contributed by atoms with Gasteiger partial charge in [0.2, 0.25) is 5.91 Å². The Hall–Kier alpha value is -2.55. The zero-order valence-electron chi connectivity index (χ0n) is 20.7. The highest BCUT2D eigenvalue weighted by Crippen LogP contribution is 2.42. The number of nitrogens with one attached hydrogen (secondary N) is 1. The standard InChI is InChI=1S/C26H31Cl2N3O5/c1-14-10-21(36-3)19(25(34)29-14)12-31-9-6-17-20(27)11-18(24(28)23(17)26(31)35)15(2)16-4-7-30(8-5-16)22(33)13-32/h10-11,15-16,32H,4-9,12-13H2,1-3H3,(H,29,34). The van der Waals surface area contributed by atoms with Gasteiger partial charge in [0.1, 0.15) is 12.4 Å². The smallest absolute Gasteiger partial charge is 0.256 e. The van der Waals surface area contributed by atoms with Crippen LogP contribution in [0.3, 0.4) is 0 Å². The lowest BCUT2D eigenvalue weighted by atomic mass is 9.80. The summed E-state index contributed by atoms with van der Waals surface area (Å²) in [5.74, 6) is 0.195. The molecular weight excluding hydrogens is 505 g/mol. The first-order valence-electron chi connectivity index (χ1n) is 12.1. The number of benzene rings is 1. The minimum Gasteiger partial charge on any atom is -0.496 e. The molecule has 8 nitrogen and oxygen atoms in total. The van der Waals surface area contributed by atoms with Gasteiger partial charge in [-0.05, 0) is 61.3 Å². The Morgan fingerprint density at radius 2 is 1.92 bits per heavy atom. The van der Waals surface area contributed by atoms with Crippen molar-refractivity contribution in [1.82, 2.24) is 14.8 Å². The van der Waals surface area contributed by atoms with Crippen LogP contribution in [-0.2, 0) is 17.8 Å². The van der Waals surface area contributed by atoms with Gasteiger partial charge in [-0.2, -0.15) is 0 Å². The van der Waals surface area contributed by atoms with Crippen molar-refractivity contribution >= 4 is 35.0 Å². The summed E-state index contributed by atoms with van der Waals surface area (Å²) in [6.07, 6.45) is 2.07. The zero-order valence-corrected chi connectivity index (χ0v) is 22.2. The summed E-state index contributed by atoms with van der Waals surface area (Å²) in [5.41, 5.74) is 2.71. The molecule has 1 atom stereocenters. The second-order valence-corrected chi connectivity index (χ2v) is 10.4. The fraction of sp³-hybridized carbons (Fsp3) is 0.500. The number of aromatic amines is 1.